The summed E-state index contributed by atoms with van der Waals surface area (Å²) >= 11 is 0. The number of cyclic esters (lactones) is 1. The first kappa shape index (κ1) is 32.7. The van der Waals surface area contributed by atoms with Gasteiger partial charge in [0.2, 0.25) is 0 Å². The van der Waals surface area contributed by atoms with Gasteiger partial charge in [-0.2, -0.15) is 21.6 Å². The van der Waals surface area contributed by atoms with E-state index in [1.54, 1.807) is 12.1 Å². The van der Waals surface area contributed by atoms with Gasteiger partial charge in [-0.15, -0.1) is 0 Å². The lowest BCUT2D eigenvalue weighted by molar-refractivity contribution is -0.160. The molecular weight excluding hydrogens is 569 g/mol. The molecule has 0 radical (unpaired) electrons. The van der Waals surface area contributed by atoms with E-state index in [4.69, 9.17) is 4.74 Å². The van der Waals surface area contributed by atoms with Crippen LogP contribution in [0.2, 0.25) is 0 Å². The van der Waals surface area contributed by atoms with E-state index in [0.717, 1.165) is 18.1 Å². The number of rotatable bonds is 10. The number of aliphatic hydroxyl groups excluding tert-OH is 1. The second-order valence-electron chi connectivity index (χ2n) is 9.78. The van der Waals surface area contributed by atoms with Crippen LogP contribution in [0.1, 0.15) is 63.1 Å². The number of aromatic nitrogens is 1. The number of aliphatic hydroxyl groups is 1. The van der Waals surface area contributed by atoms with E-state index in [1.807, 2.05) is 51.1 Å². The van der Waals surface area contributed by atoms with Crippen LogP contribution in [0, 0.1) is 0 Å². The number of hydrogen-bond donors (Lipinski definition) is 2. The third-order valence-corrected chi connectivity index (χ3v) is 8.01. The van der Waals surface area contributed by atoms with Crippen molar-refractivity contribution in [1.82, 2.24) is 4.98 Å². The lowest BCUT2D eigenvalue weighted by Crippen LogP contribution is -2.41. The number of sulfonamides is 1. The van der Waals surface area contributed by atoms with Crippen molar-refractivity contribution in [3.05, 3.63) is 101 Å². The molecule has 0 aliphatic carbocycles. The normalized spacial score (nSPS) is 17.2. The average molecular weight is 605 g/mol. The third kappa shape index (κ3) is 8.34. The van der Waals surface area contributed by atoms with E-state index in [0.29, 0.717) is 37.1 Å². The summed E-state index contributed by atoms with van der Waals surface area (Å²) in [6, 6.07) is 17.4. The number of benzene rings is 2. The highest BCUT2D eigenvalue weighted by atomic mass is 32.2. The highest BCUT2D eigenvalue weighted by Crippen LogP contribution is 2.37. The Labute approximate surface area is 244 Å². The summed E-state index contributed by atoms with van der Waals surface area (Å²) in [5.74, 6) is -0.678. The first-order valence-electron chi connectivity index (χ1n) is 13.7. The van der Waals surface area contributed by atoms with E-state index in [-0.39, 0.29) is 29.9 Å². The number of nitrogens with zero attached hydrogens (tertiary/aromatic N) is 1. The fourth-order valence-electron chi connectivity index (χ4n) is 4.74. The molecule has 0 fully saturated rings. The zero-order valence-corrected chi connectivity index (χ0v) is 24.6. The molecule has 2 N–H and O–H groups in total. The lowest BCUT2D eigenvalue weighted by atomic mass is 9.83. The third-order valence-electron chi connectivity index (χ3n) is 6.71. The second kappa shape index (κ2) is 13.9. The Morgan fingerprint density at radius 3 is 2.29 bits per heavy atom. The minimum absolute atomic E-state index is 0.000343. The predicted molar refractivity (Wildman–Crippen MR) is 154 cm³/mol. The minimum Gasteiger partial charge on any atom is -0.512 e. The van der Waals surface area contributed by atoms with Crippen molar-refractivity contribution in [2.45, 2.75) is 76.1 Å². The van der Waals surface area contributed by atoms with Crippen molar-refractivity contribution in [3.8, 4) is 0 Å². The molecule has 11 heteroatoms. The van der Waals surface area contributed by atoms with Crippen molar-refractivity contribution in [3.63, 3.8) is 0 Å². The number of anilines is 1. The summed E-state index contributed by atoms with van der Waals surface area (Å²) in [6.07, 6.45) is -1.40. The molecule has 226 valence electrons. The Bertz CT molecular complexity index is 1490. The number of ether oxygens (including phenoxy) is 1. The van der Waals surface area contributed by atoms with Gasteiger partial charge in [-0.3, -0.25) is 4.72 Å². The van der Waals surface area contributed by atoms with Crippen LogP contribution in [0.3, 0.4) is 0 Å². The maximum atomic E-state index is 13.1. The van der Waals surface area contributed by atoms with Gasteiger partial charge in [0.1, 0.15) is 11.4 Å². The van der Waals surface area contributed by atoms with Crippen molar-refractivity contribution >= 4 is 21.7 Å². The maximum Gasteiger partial charge on any atom is 0.417 e. The molecule has 0 bridgehead atoms. The molecule has 2 heterocycles. The quantitative estimate of drug-likeness (QED) is 0.234. The fraction of sp³-hybridized carbons (Fsp3) is 0.355. The van der Waals surface area contributed by atoms with Crippen molar-refractivity contribution < 1.29 is 36.2 Å². The SMILES string of the molecule is CC.CCC[C@@]1(CCc2ccccc2)CC(O)=C(Cc2cccc(NS(=O)(=O)c3ccc(C(F)(F)F)cn3)c2)C(=O)O1. The van der Waals surface area contributed by atoms with Crippen LogP contribution in [0.25, 0.3) is 0 Å². The van der Waals surface area contributed by atoms with Gasteiger partial charge in [-0.25, -0.2) is 9.78 Å². The molecule has 1 aromatic heterocycles. The van der Waals surface area contributed by atoms with E-state index in [1.165, 1.54) is 12.1 Å². The van der Waals surface area contributed by atoms with Gasteiger partial charge < -0.3 is 9.84 Å². The number of carbonyl (C=O) groups excluding carboxylic acids is 1. The summed E-state index contributed by atoms with van der Waals surface area (Å²) in [6.45, 7) is 5.99. The number of carbonyl (C=O) groups is 1. The number of aryl methyl sites for hydroxylation is 1. The first-order valence-corrected chi connectivity index (χ1v) is 15.2. The smallest absolute Gasteiger partial charge is 0.417 e. The summed E-state index contributed by atoms with van der Waals surface area (Å²) in [7, 11) is -4.28. The number of pyridine rings is 1. The van der Waals surface area contributed by atoms with Crippen LogP contribution < -0.4 is 4.72 Å². The summed E-state index contributed by atoms with van der Waals surface area (Å²) in [4.78, 5) is 16.5. The Morgan fingerprint density at radius 2 is 1.69 bits per heavy atom. The molecule has 1 aliphatic rings. The first-order chi connectivity index (χ1) is 19.9. The van der Waals surface area contributed by atoms with Crippen LogP contribution in [-0.4, -0.2) is 30.1 Å². The topological polar surface area (TPSA) is 106 Å². The number of halogens is 3. The summed E-state index contributed by atoms with van der Waals surface area (Å²) < 4.78 is 72.0. The zero-order chi connectivity index (χ0) is 31.0. The standard InChI is InChI=1S/C29H29F3N2O5S.C2H6/c1-2-14-28(15-13-20-7-4-3-5-8-20)18-25(35)24(27(36)39-28)17-21-9-6-10-23(16-21)34-40(37,38)26-12-11-22(19-33-26)29(30,31)32;1-2/h3-12,16,19,34-35H,2,13-15,17-18H2,1H3;1-2H3/t28-;/m1./s1. The van der Waals surface area contributed by atoms with Gasteiger partial charge in [-0.05, 0) is 54.7 Å². The molecular formula is C31H35F3N2O5S. The molecule has 42 heavy (non-hydrogen) atoms. The highest BCUT2D eigenvalue weighted by molar-refractivity contribution is 7.92. The average Bonchev–Trinajstić information content (AvgIpc) is 2.95. The molecule has 0 amide bonds. The van der Waals surface area contributed by atoms with Gasteiger partial charge >= 0.3 is 12.1 Å². The number of hydrogen-bond acceptors (Lipinski definition) is 6. The molecule has 4 rings (SSSR count). The van der Waals surface area contributed by atoms with Gasteiger partial charge in [0.15, 0.2) is 5.03 Å². The molecule has 1 atom stereocenters. The Hall–Kier alpha value is -3.86. The van der Waals surface area contributed by atoms with Crippen molar-refractivity contribution in [2.24, 2.45) is 0 Å². The Balaban J connectivity index is 0.00000237. The molecule has 0 saturated carbocycles. The van der Waals surface area contributed by atoms with E-state index in [9.17, 15) is 31.5 Å². The molecule has 7 nitrogen and oxygen atoms in total. The Morgan fingerprint density at radius 1 is 1.00 bits per heavy atom. The molecule has 0 saturated heterocycles. The van der Waals surface area contributed by atoms with Crippen LogP contribution in [0.4, 0.5) is 18.9 Å². The van der Waals surface area contributed by atoms with Gasteiger partial charge in [-0.1, -0.05) is 69.7 Å². The monoisotopic (exact) mass is 604 g/mol. The van der Waals surface area contributed by atoms with Gasteiger partial charge in [0, 0.05) is 24.7 Å². The molecule has 0 spiro atoms. The van der Waals surface area contributed by atoms with Gasteiger partial charge in [0.25, 0.3) is 10.0 Å². The number of alkyl halides is 3. The summed E-state index contributed by atoms with van der Waals surface area (Å²) in [5.41, 5.74) is -0.0478. The zero-order valence-electron chi connectivity index (χ0n) is 23.7. The number of esters is 1. The Kier molecular flexibility index (Phi) is 10.8. The molecule has 0 unspecified atom stereocenters. The van der Waals surface area contributed by atoms with E-state index < -0.39 is 38.4 Å². The van der Waals surface area contributed by atoms with Crippen LogP contribution in [0.5, 0.6) is 0 Å². The van der Waals surface area contributed by atoms with E-state index >= 15 is 0 Å². The minimum atomic E-state index is -4.64. The molecule has 2 aromatic carbocycles. The second-order valence-corrected chi connectivity index (χ2v) is 11.4. The van der Waals surface area contributed by atoms with Crippen LogP contribution in [0.15, 0.2) is 89.3 Å². The lowest BCUT2D eigenvalue weighted by Gasteiger charge is -2.37. The number of nitrogens with one attached hydrogen (secondary N) is 1. The molecule has 3 aromatic rings. The van der Waals surface area contributed by atoms with E-state index in [2.05, 4.69) is 9.71 Å². The largest absolute Gasteiger partial charge is 0.512 e. The summed E-state index contributed by atoms with van der Waals surface area (Å²) in [5, 5.41) is 10.3. The fourth-order valence-corrected chi connectivity index (χ4v) is 5.72. The highest BCUT2D eigenvalue weighted by Gasteiger charge is 2.41. The maximum absolute atomic E-state index is 13.1. The van der Waals surface area contributed by atoms with Crippen molar-refractivity contribution in [1.29, 1.82) is 0 Å². The van der Waals surface area contributed by atoms with Crippen LogP contribution >= 0.6 is 0 Å². The van der Waals surface area contributed by atoms with Crippen molar-refractivity contribution in [2.75, 3.05) is 4.72 Å². The van der Waals surface area contributed by atoms with Gasteiger partial charge in [0.05, 0.1) is 11.1 Å². The predicted octanol–water partition coefficient (Wildman–Crippen LogP) is 7.40. The van der Waals surface area contributed by atoms with Crippen LogP contribution in [-0.2, 0) is 38.6 Å². The molecule has 1 aliphatic heterocycles.